The molecule has 0 unspecified atom stereocenters. The summed E-state index contributed by atoms with van der Waals surface area (Å²) in [4.78, 5) is 25.0. The van der Waals surface area contributed by atoms with Crippen LogP contribution in [0.1, 0.15) is 76.3 Å². The summed E-state index contributed by atoms with van der Waals surface area (Å²) in [6, 6.07) is 9.59. The minimum absolute atomic E-state index is 0.0248. The van der Waals surface area contributed by atoms with E-state index in [1.807, 2.05) is 38.1 Å². The molecule has 1 aromatic heterocycles. The van der Waals surface area contributed by atoms with E-state index in [1.54, 1.807) is 0 Å². The number of rotatable bonds is 5. The zero-order valence-corrected chi connectivity index (χ0v) is 16.6. The molecular weight excluding hydrogens is 356 g/mol. The van der Waals surface area contributed by atoms with Gasteiger partial charge in [-0.2, -0.15) is 0 Å². The second kappa shape index (κ2) is 8.61. The monoisotopic (exact) mass is 384 g/mol. The number of amides is 2. The molecule has 0 aliphatic heterocycles. The summed E-state index contributed by atoms with van der Waals surface area (Å²) in [6.45, 7) is 3.98. The minimum atomic E-state index is -0.364. The van der Waals surface area contributed by atoms with Gasteiger partial charge in [0.15, 0.2) is 5.76 Å². The van der Waals surface area contributed by atoms with Crippen molar-refractivity contribution in [2.45, 2.75) is 57.6 Å². The molecule has 3 N–H and O–H groups in total. The molecule has 1 aliphatic carbocycles. The van der Waals surface area contributed by atoms with E-state index in [1.165, 1.54) is 13.1 Å². The Morgan fingerprint density at radius 3 is 2.36 bits per heavy atom. The Bertz CT molecular complexity index is 833. The zero-order chi connectivity index (χ0) is 20.3. The number of hydrogen-bond donors (Lipinski definition) is 3. The van der Waals surface area contributed by atoms with E-state index in [2.05, 4.69) is 10.6 Å². The molecule has 0 radical (unpaired) electrons. The number of aryl methyl sites for hydroxylation is 1. The van der Waals surface area contributed by atoms with Crippen LogP contribution in [0, 0.1) is 6.92 Å². The van der Waals surface area contributed by atoms with Gasteiger partial charge in [-0.15, -0.1) is 0 Å². The Labute approximate surface area is 165 Å². The number of carbonyl (C=O) groups is 2. The maximum absolute atomic E-state index is 13.0. The number of hydrogen-bond acceptors (Lipinski definition) is 4. The third-order valence-electron chi connectivity index (χ3n) is 5.46. The molecule has 1 fully saturated rings. The Morgan fingerprint density at radius 1 is 1.11 bits per heavy atom. The maximum atomic E-state index is 13.0. The first-order valence-corrected chi connectivity index (χ1v) is 9.80. The van der Waals surface area contributed by atoms with Gasteiger partial charge in [-0.1, -0.05) is 36.8 Å². The van der Waals surface area contributed by atoms with Gasteiger partial charge in [-0.05, 0) is 38.2 Å². The van der Waals surface area contributed by atoms with E-state index in [0.29, 0.717) is 24.2 Å². The topological polar surface area (TPSA) is 91.6 Å². The third-order valence-corrected chi connectivity index (χ3v) is 5.46. The summed E-state index contributed by atoms with van der Waals surface area (Å²) in [5.41, 5.74) is 2.55. The quantitative estimate of drug-likeness (QED) is 0.739. The molecule has 28 heavy (non-hydrogen) atoms. The smallest absolute Gasteiger partial charge is 0.286 e. The first-order valence-electron chi connectivity index (χ1n) is 9.80. The Kier molecular flexibility index (Phi) is 6.19. The average Bonchev–Trinajstić information content (AvgIpc) is 3.15. The molecule has 2 aromatic rings. The summed E-state index contributed by atoms with van der Waals surface area (Å²) >= 11 is 0. The summed E-state index contributed by atoms with van der Waals surface area (Å²) in [6.07, 6.45) is 2.59. The molecule has 6 heteroatoms. The van der Waals surface area contributed by atoms with Crippen LogP contribution < -0.4 is 10.6 Å². The van der Waals surface area contributed by atoms with Gasteiger partial charge in [0.05, 0.1) is 11.7 Å². The average molecular weight is 384 g/mol. The summed E-state index contributed by atoms with van der Waals surface area (Å²) in [5, 5.41) is 15.2. The van der Waals surface area contributed by atoms with Crippen LogP contribution in [0.2, 0.25) is 0 Å². The van der Waals surface area contributed by atoms with Gasteiger partial charge < -0.3 is 20.2 Å². The first kappa shape index (κ1) is 20.1. The SMILES string of the molecule is CNC(=O)c1cc(C(=O)NC2CCC(O)CC2)c([C@@H](C)c2ccc(C)cc2)o1. The lowest BCUT2D eigenvalue weighted by molar-refractivity contribution is 0.0864. The number of aliphatic hydroxyl groups excluding tert-OH is 1. The van der Waals surface area contributed by atoms with E-state index in [0.717, 1.165) is 24.0 Å². The fourth-order valence-electron chi connectivity index (χ4n) is 3.63. The highest BCUT2D eigenvalue weighted by Gasteiger charge is 2.28. The van der Waals surface area contributed by atoms with Gasteiger partial charge in [0, 0.05) is 25.1 Å². The predicted octanol–water partition coefficient (Wildman–Crippen LogP) is 3.13. The lowest BCUT2D eigenvalue weighted by Gasteiger charge is -2.26. The van der Waals surface area contributed by atoms with Crippen molar-refractivity contribution < 1.29 is 19.1 Å². The first-order chi connectivity index (χ1) is 13.4. The molecule has 2 amide bonds. The Hall–Kier alpha value is -2.60. The number of nitrogens with one attached hydrogen (secondary N) is 2. The Balaban J connectivity index is 1.87. The van der Waals surface area contributed by atoms with Gasteiger partial charge in [0.2, 0.25) is 0 Å². The van der Waals surface area contributed by atoms with Gasteiger partial charge in [-0.25, -0.2) is 0 Å². The molecule has 1 aromatic carbocycles. The van der Waals surface area contributed by atoms with Crippen LogP contribution in [0.3, 0.4) is 0 Å². The summed E-state index contributed by atoms with van der Waals surface area (Å²) in [5.74, 6) is -0.171. The summed E-state index contributed by atoms with van der Waals surface area (Å²) in [7, 11) is 1.53. The lowest BCUT2D eigenvalue weighted by Crippen LogP contribution is -2.38. The third kappa shape index (κ3) is 4.44. The molecule has 1 saturated carbocycles. The van der Waals surface area contributed by atoms with Crippen molar-refractivity contribution in [3.8, 4) is 0 Å². The van der Waals surface area contributed by atoms with Gasteiger partial charge in [-0.3, -0.25) is 9.59 Å². The fourth-order valence-corrected chi connectivity index (χ4v) is 3.63. The predicted molar refractivity (Wildman–Crippen MR) is 107 cm³/mol. The highest BCUT2D eigenvalue weighted by Crippen LogP contribution is 2.30. The molecule has 1 aliphatic rings. The van der Waals surface area contributed by atoms with Gasteiger partial charge in [0.25, 0.3) is 11.8 Å². The van der Waals surface area contributed by atoms with E-state index < -0.39 is 0 Å². The maximum Gasteiger partial charge on any atom is 0.286 e. The molecule has 0 bridgehead atoms. The van der Waals surface area contributed by atoms with Crippen molar-refractivity contribution in [2.75, 3.05) is 7.05 Å². The standard InChI is InChI=1S/C22H28N2O4/c1-13-4-6-15(7-5-13)14(2)20-18(12-19(28-20)22(27)23-3)21(26)24-16-8-10-17(25)11-9-16/h4-7,12,14,16-17,25H,8-11H2,1-3H3,(H,23,27)(H,24,26)/t14-,16?,17?/m0/s1. The van der Waals surface area contributed by atoms with Crippen LogP contribution in [-0.2, 0) is 0 Å². The van der Waals surface area contributed by atoms with E-state index >= 15 is 0 Å². The van der Waals surface area contributed by atoms with Crippen LogP contribution in [0.15, 0.2) is 34.7 Å². The van der Waals surface area contributed by atoms with E-state index in [9.17, 15) is 14.7 Å². The van der Waals surface area contributed by atoms with Crippen molar-refractivity contribution in [1.82, 2.24) is 10.6 Å². The number of carbonyl (C=O) groups excluding carboxylic acids is 2. The van der Waals surface area contributed by atoms with Crippen LogP contribution in [0.5, 0.6) is 0 Å². The molecule has 1 atom stereocenters. The molecular formula is C22H28N2O4. The highest BCUT2D eigenvalue weighted by atomic mass is 16.4. The molecule has 3 rings (SSSR count). The van der Waals surface area contributed by atoms with Crippen molar-refractivity contribution in [1.29, 1.82) is 0 Å². The van der Waals surface area contributed by atoms with E-state index in [4.69, 9.17) is 4.42 Å². The number of furan rings is 1. The van der Waals surface area contributed by atoms with Crippen molar-refractivity contribution in [2.24, 2.45) is 0 Å². The van der Waals surface area contributed by atoms with E-state index in [-0.39, 0.29) is 35.6 Å². The van der Waals surface area contributed by atoms with Crippen LogP contribution in [0.25, 0.3) is 0 Å². The molecule has 0 saturated heterocycles. The zero-order valence-electron chi connectivity index (χ0n) is 16.6. The van der Waals surface area contributed by atoms with Crippen LogP contribution in [0.4, 0.5) is 0 Å². The van der Waals surface area contributed by atoms with Gasteiger partial charge in [0.1, 0.15) is 5.76 Å². The molecule has 0 spiro atoms. The summed E-state index contributed by atoms with van der Waals surface area (Å²) < 4.78 is 5.83. The van der Waals surface area contributed by atoms with Crippen LogP contribution in [-0.4, -0.2) is 36.1 Å². The highest BCUT2D eigenvalue weighted by molar-refractivity contribution is 5.99. The normalized spacial score (nSPS) is 20.4. The lowest BCUT2D eigenvalue weighted by atomic mass is 9.92. The van der Waals surface area contributed by atoms with Crippen LogP contribution >= 0.6 is 0 Å². The molecule has 1 heterocycles. The Morgan fingerprint density at radius 2 is 1.75 bits per heavy atom. The fraction of sp³-hybridized carbons (Fsp3) is 0.455. The van der Waals surface area contributed by atoms with Crippen molar-refractivity contribution in [3.05, 3.63) is 58.5 Å². The second-order valence-corrected chi connectivity index (χ2v) is 7.58. The van der Waals surface area contributed by atoms with Crippen molar-refractivity contribution >= 4 is 11.8 Å². The van der Waals surface area contributed by atoms with Crippen molar-refractivity contribution in [3.63, 3.8) is 0 Å². The number of benzene rings is 1. The molecule has 150 valence electrons. The molecule has 6 nitrogen and oxygen atoms in total. The largest absolute Gasteiger partial charge is 0.454 e. The van der Waals surface area contributed by atoms with Gasteiger partial charge >= 0.3 is 0 Å². The minimum Gasteiger partial charge on any atom is -0.454 e. The number of aliphatic hydroxyl groups is 1. The second-order valence-electron chi connectivity index (χ2n) is 7.58.